The molecule has 0 saturated carbocycles. The number of H-pyrrole nitrogens is 2. The zero-order valence-electron chi connectivity index (χ0n) is 16.6. The largest absolute Gasteiger partial charge is 0.355 e. The fourth-order valence-corrected chi connectivity index (χ4v) is 4.29. The van der Waals surface area contributed by atoms with E-state index in [4.69, 9.17) is 0 Å². The third-order valence-electron chi connectivity index (χ3n) is 5.85. The summed E-state index contributed by atoms with van der Waals surface area (Å²) in [6.07, 6.45) is 3.97. The minimum atomic E-state index is -0.0990. The van der Waals surface area contributed by atoms with Crippen LogP contribution in [0.4, 0.5) is 0 Å². The SMILES string of the molecule is CNC(=O)c1ccc2[nH]nc(-c3cc4cc(CN5CCCCC5)ccc4[nH]3)c2c1. The lowest BCUT2D eigenvalue weighted by molar-refractivity contribution is 0.0963. The number of carbonyl (C=O) groups excluding carboxylic acids is 1. The molecule has 6 heteroatoms. The third-order valence-corrected chi connectivity index (χ3v) is 5.85. The molecule has 2 aromatic heterocycles. The van der Waals surface area contributed by atoms with Crippen LogP contribution in [0.1, 0.15) is 35.2 Å². The van der Waals surface area contributed by atoms with Gasteiger partial charge in [-0.25, -0.2) is 0 Å². The van der Waals surface area contributed by atoms with Crippen molar-refractivity contribution in [2.75, 3.05) is 20.1 Å². The Kier molecular flexibility index (Phi) is 4.56. The van der Waals surface area contributed by atoms with Gasteiger partial charge in [0, 0.05) is 35.4 Å². The molecule has 148 valence electrons. The summed E-state index contributed by atoms with van der Waals surface area (Å²) in [4.78, 5) is 18.0. The molecule has 0 radical (unpaired) electrons. The number of likely N-dealkylation sites (tertiary alicyclic amines) is 1. The molecule has 3 N–H and O–H groups in total. The second kappa shape index (κ2) is 7.37. The van der Waals surface area contributed by atoms with Crippen LogP contribution in [0.2, 0.25) is 0 Å². The first-order valence-electron chi connectivity index (χ1n) is 10.3. The molecule has 3 heterocycles. The molecule has 0 atom stereocenters. The van der Waals surface area contributed by atoms with E-state index in [2.05, 4.69) is 49.7 Å². The van der Waals surface area contributed by atoms with Crippen LogP contribution >= 0.6 is 0 Å². The highest BCUT2D eigenvalue weighted by Gasteiger charge is 2.15. The maximum absolute atomic E-state index is 12.0. The smallest absolute Gasteiger partial charge is 0.251 e. The lowest BCUT2D eigenvalue weighted by Gasteiger charge is -2.26. The van der Waals surface area contributed by atoms with Gasteiger partial charge in [-0.05, 0) is 67.9 Å². The summed E-state index contributed by atoms with van der Waals surface area (Å²) in [7, 11) is 1.64. The average molecular weight is 387 g/mol. The van der Waals surface area contributed by atoms with Crippen molar-refractivity contribution in [2.24, 2.45) is 0 Å². The Balaban J connectivity index is 1.49. The standard InChI is InChI=1S/C23H25N5O/c1-24-23(29)16-6-8-20-18(12-16)22(27-26-20)21-13-17-11-15(5-7-19(17)25-21)14-28-9-3-2-4-10-28/h5-8,11-13,25H,2-4,9-10,14H2,1H3,(H,24,29)(H,26,27). The second-order valence-corrected chi connectivity index (χ2v) is 7.85. The fraction of sp³-hybridized carbons (Fsp3) is 0.304. The molecular formula is C23H25N5O. The Morgan fingerprint density at radius 3 is 2.72 bits per heavy atom. The predicted octanol–water partition coefficient (Wildman–Crippen LogP) is 4.06. The molecule has 29 heavy (non-hydrogen) atoms. The van der Waals surface area contributed by atoms with E-state index >= 15 is 0 Å². The number of nitrogens with zero attached hydrogens (tertiary/aromatic N) is 2. The maximum Gasteiger partial charge on any atom is 0.251 e. The van der Waals surface area contributed by atoms with Crippen LogP contribution in [-0.2, 0) is 6.54 Å². The van der Waals surface area contributed by atoms with Gasteiger partial charge in [-0.15, -0.1) is 0 Å². The summed E-state index contributed by atoms with van der Waals surface area (Å²) in [5.74, 6) is -0.0990. The van der Waals surface area contributed by atoms with Crippen molar-refractivity contribution in [2.45, 2.75) is 25.8 Å². The zero-order chi connectivity index (χ0) is 19.8. The van der Waals surface area contributed by atoms with Gasteiger partial charge in [-0.2, -0.15) is 5.10 Å². The number of carbonyl (C=O) groups is 1. The van der Waals surface area contributed by atoms with Crippen molar-refractivity contribution in [3.8, 4) is 11.4 Å². The maximum atomic E-state index is 12.0. The molecule has 1 saturated heterocycles. The van der Waals surface area contributed by atoms with Crippen molar-refractivity contribution in [3.05, 3.63) is 53.6 Å². The predicted molar refractivity (Wildman–Crippen MR) is 116 cm³/mol. The molecule has 1 aliphatic heterocycles. The van der Waals surface area contributed by atoms with Crippen molar-refractivity contribution in [1.82, 2.24) is 25.4 Å². The summed E-state index contributed by atoms with van der Waals surface area (Å²) in [6.45, 7) is 3.41. The van der Waals surface area contributed by atoms with Crippen LogP contribution in [0.3, 0.4) is 0 Å². The first-order chi connectivity index (χ1) is 14.2. The Morgan fingerprint density at radius 2 is 1.90 bits per heavy atom. The van der Waals surface area contributed by atoms with Gasteiger partial charge in [-0.1, -0.05) is 12.5 Å². The van der Waals surface area contributed by atoms with Gasteiger partial charge in [0.2, 0.25) is 0 Å². The number of fused-ring (bicyclic) bond motifs is 2. The second-order valence-electron chi connectivity index (χ2n) is 7.85. The Hall–Kier alpha value is -3.12. The summed E-state index contributed by atoms with van der Waals surface area (Å²) < 4.78 is 0. The molecule has 0 bridgehead atoms. The lowest BCUT2D eigenvalue weighted by atomic mass is 10.1. The number of benzene rings is 2. The first kappa shape index (κ1) is 17.9. The van der Waals surface area contributed by atoms with Crippen LogP contribution in [0.25, 0.3) is 33.2 Å². The van der Waals surface area contributed by atoms with E-state index in [0.717, 1.165) is 34.4 Å². The minimum absolute atomic E-state index is 0.0990. The van der Waals surface area contributed by atoms with Crippen LogP contribution in [0.15, 0.2) is 42.5 Å². The summed E-state index contributed by atoms with van der Waals surface area (Å²) >= 11 is 0. The minimum Gasteiger partial charge on any atom is -0.355 e. The highest BCUT2D eigenvalue weighted by atomic mass is 16.1. The quantitative estimate of drug-likeness (QED) is 0.494. The summed E-state index contributed by atoms with van der Waals surface area (Å²) in [6, 6.07) is 14.4. The molecule has 0 spiro atoms. The van der Waals surface area contributed by atoms with E-state index in [1.165, 1.54) is 43.3 Å². The van der Waals surface area contributed by atoms with Gasteiger partial charge in [-0.3, -0.25) is 14.8 Å². The molecule has 2 aromatic carbocycles. The molecule has 1 amide bonds. The number of hydrogen-bond donors (Lipinski definition) is 3. The number of hydrogen-bond acceptors (Lipinski definition) is 3. The topological polar surface area (TPSA) is 76.8 Å². The molecule has 1 aliphatic rings. The highest BCUT2D eigenvalue weighted by molar-refractivity contribution is 6.02. The van der Waals surface area contributed by atoms with Crippen LogP contribution in [0.5, 0.6) is 0 Å². The number of aromatic nitrogens is 3. The van der Waals surface area contributed by atoms with Crippen molar-refractivity contribution in [3.63, 3.8) is 0 Å². The molecule has 5 rings (SSSR count). The summed E-state index contributed by atoms with van der Waals surface area (Å²) in [5, 5.41) is 12.4. The van der Waals surface area contributed by atoms with E-state index in [1.807, 2.05) is 12.1 Å². The van der Waals surface area contributed by atoms with E-state index in [0.29, 0.717) is 5.56 Å². The van der Waals surface area contributed by atoms with Gasteiger partial charge in [0.05, 0.1) is 11.2 Å². The number of nitrogens with one attached hydrogen (secondary N) is 3. The first-order valence-corrected chi connectivity index (χ1v) is 10.3. The monoisotopic (exact) mass is 387 g/mol. The van der Waals surface area contributed by atoms with Crippen molar-refractivity contribution in [1.29, 1.82) is 0 Å². The van der Waals surface area contributed by atoms with Crippen molar-refractivity contribution < 1.29 is 4.79 Å². The van der Waals surface area contributed by atoms with Gasteiger partial charge in [0.1, 0.15) is 5.69 Å². The van der Waals surface area contributed by atoms with E-state index in [9.17, 15) is 4.79 Å². The van der Waals surface area contributed by atoms with Gasteiger partial charge >= 0.3 is 0 Å². The van der Waals surface area contributed by atoms with Gasteiger partial charge in [0.25, 0.3) is 5.91 Å². The van der Waals surface area contributed by atoms with E-state index in [-0.39, 0.29) is 5.91 Å². The zero-order valence-corrected chi connectivity index (χ0v) is 16.6. The van der Waals surface area contributed by atoms with Crippen LogP contribution in [0, 0.1) is 0 Å². The van der Waals surface area contributed by atoms with Gasteiger partial charge < -0.3 is 10.3 Å². The van der Waals surface area contributed by atoms with E-state index < -0.39 is 0 Å². The average Bonchev–Trinajstić information content (AvgIpc) is 3.36. The Bertz CT molecular complexity index is 1180. The Labute approximate surface area is 169 Å². The Morgan fingerprint density at radius 1 is 1.07 bits per heavy atom. The van der Waals surface area contributed by atoms with Crippen molar-refractivity contribution >= 4 is 27.7 Å². The molecular weight excluding hydrogens is 362 g/mol. The molecule has 6 nitrogen and oxygen atoms in total. The number of aromatic amines is 2. The van der Waals surface area contributed by atoms with Crippen LogP contribution < -0.4 is 5.32 Å². The van der Waals surface area contributed by atoms with Gasteiger partial charge in [0.15, 0.2) is 0 Å². The molecule has 0 unspecified atom stereocenters. The molecule has 4 aromatic rings. The third kappa shape index (κ3) is 3.40. The molecule has 1 fully saturated rings. The lowest BCUT2D eigenvalue weighted by Crippen LogP contribution is -2.28. The summed E-state index contributed by atoms with van der Waals surface area (Å²) in [5.41, 5.74) is 5.77. The number of rotatable bonds is 4. The number of amides is 1. The fourth-order valence-electron chi connectivity index (χ4n) is 4.29. The molecule has 0 aliphatic carbocycles. The highest BCUT2D eigenvalue weighted by Crippen LogP contribution is 2.30. The van der Waals surface area contributed by atoms with Crippen LogP contribution in [-0.4, -0.2) is 46.1 Å². The normalized spacial score (nSPS) is 15.2. The van der Waals surface area contributed by atoms with E-state index in [1.54, 1.807) is 13.1 Å². The number of piperidine rings is 1.